The summed E-state index contributed by atoms with van der Waals surface area (Å²) in [5, 5.41) is 0. The average molecular weight is 223 g/mol. The normalized spacial score (nSPS) is 16.7. The lowest BCUT2D eigenvalue weighted by molar-refractivity contribution is -0.125. The van der Waals surface area contributed by atoms with Gasteiger partial charge >= 0.3 is 0 Å². The van der Waals surface area contributed by atoms with E-state index in [1.807, 2.05) is 6.92 Å². The molecule has 1 aromatic rings. The van der Waals surface area contributed by atoms with Crippen LogP contribution in [0.4, 0.5) is 10.1 Å². The number of aryl methyl sites for hydroxylation is 2. The number of carbonyl (C=O) groups excluding carboxylic acids is 1. The number of halogens is 1. The van der Waals surface area contributed by atoms with Gasteiger partial charge in [-0.1, -0.05) is 6.07 Å². The number of carbonyl (C=O) groups is 1. The van der Waals surface area contributed by atoms with Crippen LogP contribution in [0.3, 0.4) is 0 Å². The molecule has 1 amide bonds. The Labute approximate surface area is 93.8 Å². The molecule has 0 aliphatic carbocycles. The quantitative estimate of drug-likeness (QED) is 0.726. The lowest BCUT2D eigenvalue weighted by atomic mass is 10.1. The fraction of sp³-hybridized carbons (Fsp3) is 0.417. The molecule has 1 fully saturated rings. The first kappa shape index (κ1) is 11.1. The van der Waals surface area contributed by atoms with Crippen molar-refractivity contribution in [3.8, 4) is 0 Å². The van der Waals surface area contributed by atoms with Crippen molar-refractivity contribution in [1.29, 1.82) is 0 Å². The zero-order valence-electron chi connectivity index (χ0n) is 9.42. The third-order valence-corrected chi connectivity index (χ3v) is 2.75. The molecule has 1 aliphatic heterocycles. The molecule has 2 rings (SSSR count). The van der Waals surface area contributed by atoms with Gasteiger partial charge in [0.05, 0.1) is 6.61 Å². The van der Waals surface area contributed by atoms with Crippen LogP contribution < -0.4 is 4.90 Å². The molecule has 1 heterocycles. The van der Waals surface area contributed by atoms with Crippen LogP contribution in [0.15, 0.2) is 12.1 Å². The predicted molar refractivity (Wildman–Crippen MR) is 59.0 cm³/mol. The van der Waals surface area contributed by atoms with Crippen LogP contribution in [-0.4, -0.2) is 25.7 Å². The first-order valence-corrected chi connectivity index (χ1v) is 5.24. The minimum atomic E-state index is -0.278. The maximum Gasteiger partial charge on any atom is 0.253 e. The topological polar surface area (TPSA) is 29.5 Å². The van der Waals surface area contributed by atoms with E-state index in [4.69, 9.17) is 4.74 Å². The van der Waals surface area contributed by atoms with E-state index in [-0.39, 0.29) is 18.3 Å². The molecular formula is C12H14FNO2. The molecule has 1 aromatic carbocycles. The lowest BCUT2D eigenvalue weighted by Gasteiger charge is -2.28. The van der Waals surface area contributed by atoms with Crippen LogP contribution in [0.25, 0.3) is 0 Å². The molecule has 0 spiro atoms. The van der Waals surface area contributed by atoms with Crippen molar-refractivity contribution in [3.63, 3.8) is 0 Å². The van der Waals surface area contributed by atoms with Crippen molar-refractivity contribution >= 4 is 11.6 Å². The van der Waals surface area contributed by atoms with Gasteiger partial charge in [-0.15, -0.1) is 0 Å². The fourth-order valence-corrected chi connectivity index (χ4v) is 1.88. The third kappa shape index (κ3) is 1.93. The smallest absolute Gasteiger partial charge is 0.253 e. The molecule has 0 N–H and O–H groups in total. The summed E-state index contributed by atoms with van der Waals surface area (Å²) in [5.74, 6) is -0.391. The highest BCUT2D eigenvalue weighted by molar-refractivity contribution is 5.95. The molecule has 0 unspecified atom stereocenters. The molecule has 16 heavy (non-hydrogen) atoms. The van der Waals surface area contributed by atoms with E-state index in [1.165, 1.54) is 6.07 Å². The third-order valence-electron chi connectivity index (χ3n) is 2.75. The van der Waals surface area contributed by atoms with Crippen molar-refractivity contribution in [2.75, 3.05) is 24.7 Å². The van der Waals surface area contributed by atoms with E-state index in [1.54, 1.807) is 17.9 Å². The van der Waals surface area contributed by atoms with Gasteiger partial charge in [0.2, 0.25) is 0 Å². The van der Waals surface area contributed by atoms with Gasteiger partial charge in [-0.2, -0.15) is 0 Å². The Morgan fingerprint density at radius 1 is 1.31 bits per heavy atom. The Kier molecular flexibility index (Phi) is 2.92. The van der Waals surface area contributed by atoms with E-state index in [0.29, 0.717) is 24.4 Å². The number of benzene rings is 1. The summed E-state index contributed by atoms with van der Waals surface area (Å²) < 4.78 is 18.5. The summed E-state index contributed by atoms with van der Waals surface area (Å²) in [5.41, 5.74) is 2.16. The second-order valence-electron chi connectivity index (χ2n) is 3.99. The minimum absolute atomic E-state index is 0.0783. The van der Waals surface area contributed by atoms with Crippen LogP contribution in [0, 0.1) is 19.7 Å². The monoisotopic (exact) mass is 223 g/mol. The second-order valence-corrected chi connectivity index (χ2v) is 3.99. The van der Waals surface area contributed by atoms with Crippen LogP contribution >= 0.6 is 0 Å². The Bertz CT molecular complexity index is 431. The Hall–Kier alpha value is -1.42. The summed E-state index contributed by atoms with van der Waals surface area (Å²) in [6.45, 7) is 4.66. The molecule has 0 atom stereocenters. The SMILES string of the molecule is Cc1cc(C)c(N2CCOCC2=O)cc1F. The van der Waals surface area contributed by atoms with Crippen molar-refractivity contribution < 1.29 is 13.9 Å². The van der Waals surface area contributed by atoms with E-state index in [0.717, 1.165) is 5.56 Å². The van der Waals surface area contributed by atoms with Gasteiger partial charge in [-0.25, -0.2) is 4.39 Å². The number of hydrogen-bond donors (Lipinski definition) is 0. The summed E-state index contributed by atoms with van der Waals surface area (Å²) in [4.78, 5) is 13.2. The highest BCUT2D eigenvalue weighted by Gasteiger charge is 2.22. The number of rotatable bonds is 1. The summed E-state index contributed by atoms with van der Waals surface area (Å²) in [6, 6.07) is 3.18. The van der Waals surface area contributed by atoms with Gasteiger partial charge in [0, 0.05) is 12.2 Å². The molecule has 1 saturated heterocycles. The van der Waals surface area contributed by atoms with Gasteiger partial charge in [0.15, 0.2) is 0 Å². The molecular weight excluding hydrogens is 209 g/mol. The zero-order valence-corrected chi connectivity index (χ0v) is 9.42. The number of hydrogen-bond acceptors (Lipinski definition) is 2. The molecule has 86 valence electrons. The highest BCUT2D eigenvalue weighted by atomic mass is 19.1. The number of amides is 1. The summed E-state index contributed by atoms with van der Waals surface area (Å²) in [6.07, 6.45) is 0. The standard InChI is InChI=1S/C12H14FNO2/c1-8-5-9(2)11(6-10(8)13)14-3-4-16-7-12(14)15/h5-6H,3-4,7H2,1-2H3. The maximum absolute atomic E-state index is 13.5. The lowest BCUT2D eigenvalue weighted by Crippen LogP contribution is -2.42. The molecule has 3 nitrogen and oxygen atoms in total. The van der Waals surface area contributed by atoms with Gasteiger partial charge in [0.1, 0.15) is 12.4 Å². The van der Waals surface area contributed by atoms with Crippen LogP contribution in [0.5, 0.6) is 0 Å². The Balaban J connectivity index is 2.39. The molecule has 0 saturated carbocycles. The second kappa shape index (κ2) is 4.22. The van der Waals surface area contributed by atoms with Gasteiger partial charge in [0.25, 0.3) is 5.91 Å². The molecule has 0 bridgehead atoms. The van der Waals surface area contributed by atoms with E-state index in [9.17, 15) is 9.18 Å². The number of morpholine rings is 1. The summed E-state index contributed by atoms with van der Waals surface area (Å²) in [7, 11) is 0. The van der Waals surface area contributed by atoms with E-state index >= 15 is 0 Å². The van der Waals surface area contributed by atoms with Crippen LogP contribution in [-0.2, 0) is 9.53 Å². The molecule has 0 aromatic heterocycles. The first-order valence-electron chi connectivity index (χ1n) is 5.24. The van der Waals surface area contributed by atoms with Gasteiger partial charge in [-0.3, -0.25) is 4.79 Å². The van der Waals surface area contributed by atoms with Gasteiger partial charge in [-0.05, 0) is 31.0 Å². The maximum atomic E-state index is 13.5. The van der Waals surface area contributed by atoms with Crippen molar-refractivity contribution in [2.45, 2.75) is 13.8 Å². The molecule has 4 heteroatoms. The molecule has 1 aliphatic rings. The Morgan fingerprint density at radius 2 is 2.06 bits per heavy atom. The van der Waals surface area contributed by atoms with Crippen molar-refractivity contribution in [3.05, 3.63) is 29.1 Å². The summed E-state index contributed by atoms with van der Waals surface area (Å²) >= 11 is 0. The number of ether oxygens (including phenoxy) is 1. The highest BCUT2D eigenvalue weighted by Crippen LogP contribution is 2.24. The zero-order chi connectivity index (χ0) is 11.7. The average Bonchev–Trinajstić information content (AvgIpc) is 2.25. The van der Waals surface area contributed by atoms with Crippen molar-refractivity contribution in [2.24, 2.45) is 0 Å². The number of anilines is 1. The van der Waals surface area contributed by atoms with E-state index in [2.05, 4.69) is 0 Å². The molecule has 0 radical (unpaired) electrons. The number of nitrogens with zero attached hydrogens (tertiary/aromatic N) is 1. The Morgan fingerprint density at radius 3 is 2.75 bits per heavy atom. The van der Waals surface area contributed by atoms with E-state index < -0.39 is 0 Å². The largest absolute Gasteiger partial charge is 0.370 e. The van der Waals surface area contributed by atoms with Gasteiger partial charge < -0.3 is 9.64 Å². The first-order chi connectivity index (χ1) is 7.59. The van der Waals surface area contributed by atoms with Crippen LogP contribution in [0.2, 0.25) is 0 Å². The van der Waals surface area contributed by atoms with Crippen molar-refractivity contribution in [1.82, 2.24) is 0 Å². The van der Waals surface area contributed by atoms with Crippen LogP contribution in [0.1, 0.15) is 11.1 Å². The predicted octanol–water partition coefficient (Wildman–Crippen LogP) is 1.81. The minimum Gasteiger partial charge on any atom is -0.370 e. The fourth-order valence-electron chi connectivity index (χ4n) is 1.88.